The van der Waals surface area contributed by atoms with Crippen molar-refractivity contribution in [2.45, 2.75) is 12.8 Å². The van der Waals surface area contributed by atoms with Crippen LogP contribution in [-0.4, -0.2) is 38.1 Å². The van der Waals surface area contributed by atoms with Gasteiger partial charge in [-0.05, 0) is 24.8 Å². The van der Waals surface area contributed by atoms with Crippen LogP contribution in [0.3, 0.4) is 0 Å². The van der Waals surface area contributed by atoms with Crippen LogP contribution in [0.4, 0.5) is 5.69 Å². The first-order valence-corrected chi connectivity index (χ1v) is 6.85. The van der Waals surface area contributed by atoms with Crippen molar-refractivity contribution in [2.75, 3.05) is 33.0 Å². The van der Waals surface area contributed by atoms with Gasteiger partial charge in [-0.3, -0.25) is 4.79 Å². The van der Waals surface area contributed by atoms with Crippen LogP contribution in [-0.2, 0) is 0 Å². The maximum absolute atomic E-state index is 12.6. The molecule has 0 atom stereocenters. The summed E-state index contributed by atoms with van der Waals surface area (Å²) in [4.78, 5) is 14.3. The number of carbonyl (C=O) groups excluding carboxylic acids is 1. The largest absolute Gasteiger partial charge is 0.493 e. The van der Waals surface area contributed by atoms with Crippen molar-refractivity contribution in [1.82, 2.24) is 4.90 Å². The number of carbonyl (C=O) groups is 1. The number of anilines is 1. The predicted octanol–water partition coefficient (Wildman–Crippen LogP) is 1.77. The van der Waals surface area contributed by atoms with Gasteiger partial charge in [0.25, 0.3) is 5.91 Å². The van der Waals surface area contributed by atoms with Crippen LogP contribution in [0.1, 0.15) is 23.2 Å². The summed E-state index contributed by atoms with van der Waals surface area (Å²) in [6.07, 6.45) is 7.66. The van der Waals surface area contributed by atoms with Gasteiger partial charge in [-0.15, -0.1) is 6.42 Å². The first kappa shape index (κ1) is 15.0. The van der Waals surface area contributed by atoms with E-state index in [9.17, 15) is 4.79 Å². The second kappa shape index (κ2) is 6.40. The Morgan fingerprint density at radius 2 is 2.00 bits per heavy atom. The summed E-state index contributed by atoms with van der Waals surface area (Å²) < 4.78 is 10.4. The Morgan fingerprint density at radius 3 is 2.52 bits per heavy atom. The highest BCUT2D eigenvalue weighted by atomic mass is 16.5. The summed E-state index contributed by atoms with van der Waals surface area (Å²) in [5.41, 5.74) is 6.72. The number of amides is 1. The first-order valence-electron chi connectivity index (χ1n) is 6.85. The minimum Gasteiger partial charge on any atom is -0.493 e. The molecule has 1 aromatic carbocycles. The van der Waals surface area contributed by atoms with Crippen molar-refractivity contribution < 1.29 is 14.3 Å². The number of terminal acetylenes is 1. The van der Waals surface area contributed by atoms with Gasteiger partial charge < -0.3 is 20.1 Å². The zero-order chi connectivity index (χ0) is 15.4. The Hall–Kier alpha value is -2.35. The fourth-order valence-corrected chi connectivity index (χ4v) is 2.19. The molecule has 1 aromatic rings. The molecule has 2 rings (SSSR count). The standard InChI is InChI=1S/C16H20N2O3/c1-4-7-18(10-11-5-6-11)16(19)12-8-14(20-2)15(21-3)9-13(12)17/h1,8-9,11H,5-7,10,17H2,2-3H3. The van der Waals surface area contributed by atoms with Crippen molar-refractivity contribution in [3.8, 4) is 23.8 Å². The highest BCUT2D eigenvalue weighted by Crippen LogP contribution is 2.34. The topological polar surface area (TPSA) is 64.8 Å². The van der Waals surface area contributed by atoms with Crippen molar-refractivity contribution in [1.29, 1.82) is 0 Å². The Bertz CT molecular complexity index is 574. The molecule has 112 valence electrons. The SMILES string of the molecule is C#CCN(CC1CC1)C(=O)c1cc(OC)c(OC)cc1N. The smallest absolute Gasteiger partial charge is 0.256 e. The lowest BCUT2D eigenvalue weighted by molar-refractivity contribution is 0.0770. The van der Waals surface area contributed by atoms with E-state index in [1.54, 1.807) is 17.0 Å². The number of methoxy groups -OCH3 is 2. The number of ether oxygens (including phenoxy) is 2. The molecule has 2 N–H and O–H groups in total. The maximum atomic E-state index is 12.6. The molecule has 0 aliphatic heterocycles. The normalized spacial score (nSPS) is 13.4. The molecule has 1 aliphatic rings. The van der Waals surface area contributed by atoms with E-state index in [0.717, 1.165) is 12.8 Å². The minimum absolute atomic E-state index is 0.168. The molecule has 0 spiro atoms. The fourth-order valence-electron chi connectivity index (χ4n) is 2.19. The number of nitrogens with two attached hydrogens (primary N) is 1. The Balaban J connectivity index is 2.29. The molecular weight excluding hydrogens is 268 g/mol. The van der Waals surface area contributed by atoms with E-state index in [1.807, 2.05) is 0 Å². The zero-order valence-corrected chi connectivity index (χ0v) is 12.4. The second-order valence-corrected chi connectivity index (χ2v) is 5.13. The molecule has 5 heteroatoms. The van der Waals surface area contributed by atoms with Crippen LogP contribution in [0.15, 0.2) is 12.1 Å². The lowest BCUT2D eigenvalue weighted by Gasteiger charge is -2.21. The van der Waals surface area contributed by atoms with Crippen LogP contribution in [0.2, 0.25) is 0 Å². The third-order valence-electron chi connectivity index (χ3n) is 3.53. The summed E-state index contributed by atoms with van der Waals surface area (Å²) in [6, 6.07) is 3.20. The number of benzene rings is 1. The van der Waals surface area contributed by atoms with E-state index in [-0.39, 0.29) is 12.5 Å². The Morgan fingerprint density at radius 1 is 1.38 bits per heavy atom. The number of hydrogen-bond donors (Lipinski definition) is 1. The van der Waals surface area contributed by atoms with E-state index in [4.69, 9.17) is 21.6 Å². The summed E-state index contributed by atoms with van der Waals surface area (Å²) in [6.45, 7) is 0.958. The van der Waals surface area contributed by atoms with Gasteiger partial charge in [-0.1, -0.05) is 5.92 Å². The molecule has 1 fully saturated rings. The van der Waals surface area contributed by atoms with Gasteiger partial charge in [0.1, 0.15) is 0 Å². The number of hydrogen-bond acceptors (Lipinski definition) is 4. The zero-order valence-electron chi connectivity index (χ0n) is 12.4. The number of rotatable bonds is 6. The van der Waals surface area contributed by atoms with E-state index in [0.29, 0.717) is 35.2 Å². The average molecular weight is 288 g/mol. The molecule has 0 radical (unpaired) electrons. The van der Waals surface area contributed by atoms with Crippen LogP contribution in [0, 0.1) is 18.3 Å². The van der Waals surface area contributed by atoms with E-state index >= 15 is 0 Å². The highest BCUT2D eigenvalue weighted by Gasteiger charge is 2.28. The molecule has 0 saturated heterocycles. The fraction of sp³-hybridized carbons (Fsp3) is 0.438. The lowest BCUT2D eigenvalue weighted by Crippen LogP contribution is -2.33. The molecule has 0 bridgehead atoms. The number of nitrogen functional groups attached to an aromatic ring is 1. The summed E-state index contributed by atoms with van der Waals surface area (Å²) >= 11 is 0. The van der Waals surface area contributed by atoms with E-state index < -0.39 is 0 Å². The third-order valence-corrected chi connectivity index (χ3v) is 3.53. The van der Waals surface area contributed by atoms with Gasteiger partial charge in [0.2, 0.25) is 0 Å². The Labute approximate surface area is 125 Å². The summed E-state index contributed by atoms with van der Waals surface area (Å²) in [7, 11) is 3.04. The highest BCUT2D eigenvalue weighted by molar-refractivity contribution is 6.00. The van der Waals surface area contributed by atoms with Gasteiger partial charge in [0, 0.05) is 18.3 Å². The first-order chi connectivity index (χ1) is 10.1. The average Bonchev–Trinajstić information content (AvgIpc) is 3.29. The van der Waals surface area contributed by atoms with Crippen LogP contribution < -0.4 is 15.2 Å². The monoisotopic (exact) mass is 288 g/mol. The van der Waals surface area contributed by atoms with Crippen molar-refractivity contribution in [3.05, 3.63) is 17.7 Å². The molecule has 21 heavy (non-hydrogen) atoms. The maximum Gasteiger partial charge on any atom is 0.256 e. The molecule has 1 amide bonds. The van der Waals surface area contributed by atoms with Gasteiger partial charge in [-0.25, -0.2) is 0 Å². The molecule has 5 nitrogen and oxygen atoms in total. The van der Waals surface area contributed by atoms with Crippen molar-refractivity contribution >= 4 is 11.6 Å². The minimum atomic E-state index is -0.168. The molecule has 0 aromatic heterocycles. The quantitative estimate of drug-likeness (QED) is 0.640. The predicted molar refractivity (Wildman–Crippen MR) is 81.4 cm³/mol. The Kier molecular flexibility index (Phi) is 4.59. The molecule has 1 aliphatic carbocycles. The second-order valence-electron chi connectivity index (χ2n) is 5.13. The van der Waals surface area contributed by atoms with E-state index in [1.165, 1.54) is 14.2 Å². The van der Waals surface area contributed by atoms with E-state index in [2.05, 4.69) is 5.92 Å². The van der Waals surface area contributed by atoms with Crippen LogP contribution >= 0.6 is 0 Å². The number of nitrogens with zero attached hydrogens (tertiary/aromatic N) is 1. The van der Waals surface area contributed by atoms with Crippen molar-refractivity contribution in [3.63, 3.8) is 0 Å². The van der Waals surface area contributed by atoms with Crippen LogP contribution in [0.5, 0.6) is 11.5 Å². The summed E-state index contributed by atoms with van der Waals surface area (Å²) in [5.74, 6) is 3.89. The van der Waals surface area contributed by atoms with Crippen molar-refractivity contribution in [2.24, 2.45) is 5.92 Å². The molecular formula is C16H20N2O3. The molecule has 1 saturated carbocycles. The molecule has 0 heterocycles. The molecule has 0 unspecified atom stereocenters. The van der Waals surface area contributed by atoms with Gasteiger partial charge in [0.05, 0.1) is 26.3 Å². The van der Waals surface area contributed by atoms with Gasteiger partial charge in [-0.2, -0.15) is 0 Å². The van der Waals surface area contributed by atoms with Gasteiger partial charge in [0.15, 0.2) is 11.5 Å². The van der Waals surface area contributed by atoms with Crippen LogP contribution in [0.25, 0.3) is 0 Å². The third kappa shape index (κ3) is 3.40. The lowest BCUT2D eigenvalue weighted by atomic mass is 10.1. The summed E-state index contributed by atoms with van der Waals surface area (Å²) in [5, 5.41) is 0. The van der Waals surface area contributed by atoms with Gasteiger partial charge >= 0.3 is 0 Å².